The average Bonchev–Trinajstić information content (AvgIpc) is 2.44. The van der Waals surface area contributed by atoms with Crippen molar-refractivity contribution >= 4 is 34.5 Å². The number of halogens is 1. The molecule has 0 bridgehead atoms. The molecule has 1 heterocycles. The Morgan fingerprint density at radius 2 is 2.00 bits per heavy atom. The Morgan fingerprint density at radius 1 is 1.29 bits per heavy atom. The van der Waals surface area contributed by atoms with Crippen LogP contribution in [0.25, 0.3) is 0 Å². The normalized spacial score (nSPS) is 10.4. The van der Waals surface area contributed by atoms with E-state index in [1.807, 2.05) is 37.3 Å². The second-order valence-electron chi connectivity index (χ2n) is 4.78. The summed E-state index contributed by atoms with van der Waals surface area (Å²) < 4.78 is 0. The molecule has 0 atom stereocenters. The molecule has 0 unspecified atom stereocenters. The number of nitrogens with zero attached hydrogens (tertiary/aromatic N) is 2. The predicted molar refractivity (Wildman–Crippen MR) is 93.0 cm³/mol. The molecule has 0 amide bonds. The molecule has 0 fully saturated rings. The molecule has 1 aromatic heterocycles. The number of nitrogens with two attached hydrogens (primary N) is 1. The van der Waals surface area contributed by atoms with Gasteiger partial charge in [0.2, 0.25) is 0 Å². The summed E-state index contributed by atoms with van der Waals surface area (Å²) in [5.41, 5.74) is 9.51. The molecule has 0 aliphatic rings. The van der Waals surface area contributed by atoms with Crippen molar-refractivity contribution in [2.75, 3.05) is 11.4 Å². The van der Waals surface area contributed by atoms with Crippen LogP contribution in [-0.4, -0.2) is 16.5 Å². The topological polar surface area (TPSA) is 42.2 Å². The molecule has 110 valence electrons. The average molecular weight is 320 g/mol. The van der Waals surface area contributed by atoms with E-state index in [1.54, 1.807) is 6.07 Å². The van der Waals surface area contributed by atoms with Crippen molar-refractivity contribution in [3.63, 3.8) is 0 Å². The van der Waals surface area contributed by atoms with Crippen molar-refractivity contribution in [1.82, 2.24) is 4.98 Å². The van der Waals surface area contributed by atoms with Gasteiger partial charge in [0.25, 0.3) is 0 Å². The zero-order valence-corrected chi connectivity index (χ0v) is 13.7. The first-order valence-corrected chi connectivity index (χ1v) is 7.57. The highest BCUT2D eigenvalue weighted by molar-refractivity contribution is 7.80. The van der Waals surface area contributed by atoms with Gasteiger partial charge in [0.15, 0.2) is 0 Å². The second-order valence-corrected chi connectivity index (χ2v) is 5.63. The zero-order valence-electron chi connectivity index (χ0n) is 12.1. The van der Waals surface area contributed by atoms with Crippen LogP contribution in [0.3, 0.4) is 0 Å². The van der Waals surface area contributed by atoms with Gasteiger partial charge in [0.1, 0.15) is 4.99 Å². The van der Waals surface area contributed by atoms with Gasteiger partial charge in [-0.2, -0.15) is 0 Å². The monoisotopic (exact) mass is 319 g/mol. The maximum atomic E-state index is 6.24. The van der Waals surface area contributed by atoms with Gasteiger partial charge in [0, 0.05) is 17.9 Å². The number of aromatic nitrogens is 1. The Balaban J connectivity index is 2.38. The van der Waals surface area contributed by atoms with Crippen molar-refractivity contribution in [3.8, 4) is 0 Å². The van der Waals surface area contributed by atoms with Crippen molar-refractivity contribution in [3.05, 3.63) is 58.4 Å². The lowest BCUT2D eigenvalue weighted by Gasteiger charge is -2.25. The standard InChI is InChI=1S/C16H18ClN3S/c1-3-20(10-12-7-4-6-11(2)19-12)14-9-5-8-13(17)15(14)16(18)21/h4-9H,3,10H2,1-2H3,(H2,18,21). The third-order valence-corrected chi connectivity index (χ3v) is 3.78. The molecule has 5 heteroatoms. The van der Waals surface area contributed by atoms with Gasteiger partial charge in [-0.05, 0) is 38.1 Å². The molecular formula is C16H18ClN3S. The summed E-state index contributed by atoms with van der Waals surface area (Å²) >= 11 is 11.4. The van der Waals surface area contributed by atoms with Gasteiger partial charge in [-0.1, -0.05) is 36.0 Å². The first-order chi connectivity index (χ1) is 10.0. The molecule has 2 aromatic rings. The number of hydrogen-bond donors (Lipinski definition) is 1. The van der Waals surface area contributed by atoms with Crippen molar-refractivity contribution in [1.29, 1.82) is 0 Å². The summed E-state index contributed by atoms with van der Waals surface area (Å²) in [6.45, 7) is 5.57. The molecule has 3 nitrogen and oxygen atoms in total. The fourth-order valence-corrected chi connectivity index (χ4v) is 2.81. The third-order valence-electron chi connectivity index (χ3n) is 3.26. The molecule has 21 heavy (non-hydrogen) atoms. The van der Waals surface area contributed by atoms with E-state index in [4.69, 9.17) is 29.6 Å². The number of thiocarbonyl (C=S) groups is 1. The Bertz CT molecular complexity index is 658. The van der Waals surface area contributed by atoms with E-state index in [1.165, 1.54) is 0 Å². The van der Waals surface area contributed by atoms with Gasteiger partial charge in [-0.3, -0.25) is 4.98 Å². The summed E-state index contributed by atoms with van der Waals surface area (Å²) in [6.07, 6.45) is 0. The molecule has 2 N–H and O–H groups in total. The van der Waals surface area contributed by atoms with Gasteiger partial charge in [0.05, 0.1) is 22.8 Å². The molecule has 0 aliphatic heterocycles. The number of anilines is 1. The van der Waals surface area contributed by atoms with Crippen molar-refractivity contribution in [2.45, 2.75) is 20.4 Å². The largest absolute Gasteiger partial charge is 0.389 e. The van der Waals surface area contributed by atoms with Crippen molar-refractivity contribution < 1.29 is 0 Å². The van der Waals surface area contributed by atoms with Crippen LogP contribution in [0.15, 0.2) is 36.4 Å². The zero-order chi connectivity index (χ0) is 15.4. The maximum absolute atomic E-state index is 6.24. The summed E-state index contributed by atoms with van der Waals surface area (Å²) in [4.78, 5) is 7.02. The lowest BCUT2D eigenvalue weighted by Crippen LogP contribution is -2.26. The van der Waals surface area contributed by atoms with Crippen LogP contribution in [0.5, 0.6) is 0 Å². The number of rotatable bonds is 5. The van der Waals surface area contributed by atoms with E-state index >= 15 is 0 Å². The molecular weight excluding hydrogens is 302 g/mol. The SMILES string of the molecule is CCN(Cc1cccc(C)n1)c1cccc(Cl)c1C(N)=S. The summed E-state index contributed by atoms with van der Waals surface area (Å²) in [5, 5.41) is 0.579. The Hall–Kier alpha value is -1.65. The van der Waals surface area contributed by atoms with Crippen LogP contribution in [0.4, 0.5) is 5.69 Å². The van der Waals surface area contributed by atoms with Crippen LogP contribution in [0.1, 0.15) is 23.9 Å². The molecule has 0 aliphatic carbocycles. The Kier molecular flexibility index (Phi) is 5.15. The van der Waals surface area contributed by atoms with E-state index in [2.05, 4.69) is 16.8 Å². The summed E-state index contributed by atoms with van der Waals surface area (Å²) in [5.74, 6) is 0. The number of benzene rings is 1. The van der Waals surface area contributed by atoms with Crippen LogP contribution in [-0.2, 0) is 6.54 Å². The smallest absolute Gasteiger partial charge is 0.107 e. The van der Waals surface area contributed by atoms with E-state index in [-0.39, 0.29) is 0 Å². The minimum absolute atomic E-state index is 0.311. The molecule has 0 saturated carbocycles. The Labute approximate surface area is 135 Å². The summed E-state index contributed by atoms with van der Waals surface area (Å²) in [7, 11) is 0. The number of aryl methyl sites for hydroxylation is 1. The number of hydrogen-bond acceptors (Lipinski definition) is 3. The summed E-state index contributed by atoms with van der Waals surface area (Å²) in [6, 6.07) is 11.7. The predicted octanol–water partition coefficient (Wildman–Crippen LogP) is 3.70. The van der Waals surface area contributed by atoms with Gasteiger partial charge < -0.3 is 10.6 Å². The van der Waals surface area contributed by atoms with Gasteiger partial charge in [-0.25, -0.2) is 0 Å². The molecule has 2 rings (SSSR count). The van der Waals surface area contributed by atoms with E-state index in [9.17, 15) is 0 Å². The second kappa shape index (κ2) is 6.87. The fourth-order valence-electron chi connectivity index (χ4n) is 2.27. The first-order valence-electron chi connectivity index (χ1n) is 6.78. The van der Waals surface area contributed by atoms with E-state index in [0.717, 1.165) is 29.2 Å². The molecule has 0 radical (unpaired) electrons. The highest BCUT2D eigenvalue weighted by atomic mass is 35.5. The molecule has 0 spiro atoms. The fraction of sp³-hybridized carbons (Fsp3) is 0.250. The quantitative estimate of drug-likeness (QED) is 0.853. The maximum Gasteiger partial charge on any atom is 0.107 e. The highest BCUT2D eigenvalue weighted by Gasteiger charge is 2.15. The van der Waals surface area contributed by atoms with Crippen LogP contribution < -0.4 is 10.6 Å². The lowest BCUT2D eigenvalue weighted by atomic mass is 10.1. The van der Waals surface area contributed by atoms with Crippen LogP contribution in [0, 0.1) is 6.92 Å². The minimum Gasteiger partial charge on any atom is -0.389 e. The number of pyridine rings is 1. The third kappa shape index (κ3) is 3.71. The van der Waals surface area contributed by atoms with Crippen molar-refractivity contribution in [2.24, 2.45) is 5.73 Å². The van der Waals surface area contributed by atoms with Crippen LogP contribution in [0.2, 0.25) is 5.02 Å². The molecule has 0 saturated heterocycles. The molecule has 1 aromatic carbocycles. The lowest BCUT2D eigenvalue weighted by molar-refractivity contribution is 0.805. The van der Waals surface area contributed by atoms with Crippen LogP contribution >= 0.6 is 23.8 Å². The highest BCUT2D eigenvalue weighted by Crippen LogP contribution is 2.28. The van der Waals surface area contributed by atoms with Gasteiger partial charge >= 0.3 is 0 Å². The first kappa shape index (κ1) is 15.7. The minimum atomic E-state index is 0.311. The Morgan fingerprint density at radius 3 is 2.62 bits per heavy atom. The van der Waals surface area contributed by atoms with E-state index in [0.29, 0.717) is 16.6 Å². The van der Waals surface area contributed by atoms with Gasteiger partial charge in [-0.15, -0.1) is 0 Å². The van der Waals surface area contributed by atoms with E-state index < -0.39 is 0 Å².